The second-order valence-electron chi connectivity index (χ2n) is 6.23. The minimum Gasteiger partial charge on any atom is -0.325 e. The Hall–Kier alpha value is -0.890. The van der Waals surface area contributed by atoms with Crippen LogP contribution in [0.4, 0.5) is 4.39 Å². The van der Waals surface area contributed by atoms with E-state index in [1.54, 1.807) is 6.07 Å². The lowest BCUT2D eigenvalue weighted by Gasteiger charge is -2.40. The van der Waals surface area contributed by atoms with E-state index in [0.29, 0.717) is 18.3 Å². The number of hydrogen-bond acceptors (Lipinski definition) is 1. The van der Waals surface area contributed by atoms with Crippen LogP contribution >= 0.6 is 0 Å². The highest BCUT2D eigenvalue weighted by atomic mass is 19.1. The molecule has 1 nitrogen and oxygen atoms in total. The van der Waals surface area contributed by atoms with Gasteiger partial charge in [0.25, 0.3) is 0 Å². The highest BCUT2D eigenvalue weighted by Gasteiger charge is 2.34. The van der Waals surface area contributed by atoms with Crippen LogP contribution in [0, 0.1) is 17.7 Å². The van der Waals surface area contributed by atoms with Gasteiger partial charge in [0.2, 0.25) is 0 Å². The molecule has 18 heavy (non-hydrogen) atoms. The Labute approximate surface area is 110 Å². The number of rotatable bonds is 3. The Morgan fingerprint density at radius 3 is 2.78 bits per heavy atom. The minimum absolute atomic E-state index is 0.117. The Morgan fingerprint density at radius 2 is 2.11 bits per heavy atom. The predicted molar refractivity (Wildman–Crippen MR) is 73.8 cm³/mol. The lowest BCUT2D eigenvalue weighted by molar-refractivity contribution is 0.181. The molecule has 0 bridgehead atoms. The van der Waals surface area contributed by atoms with Gasteiger partial charge in [-0.25, -0.2) is 4.39 Å². The van der Waals surface area contributed by atoms with Gasteiger partial charge in [-0.05, 0) is 42.7 Å². The van der Waals surface area contributed by atoms with E-state index in [1.807, 2.05) is 12.1 Å². The van der Waals surface area contributed by atoms with Crippen LogP contribution in [-0.4, -0.2) is 5.54 Å². The van der Waals surface area contributed by atoms with Gasteiger partial charge in [-0.2, -0.15) is 0 Å². The zero-order valence-corrected chi connectivity index (χ0v) is 11.5. The molecule has 1 aromatic carbocycles. The summed E-state index contributed by atoms with van der Waals surface area (Å²) in [7, 11) is 0. The first kappa shape index (κ1) is 13.5. The topological polar surface area (TPSA) is 26.0 Å². The van der Waals surface area contributed by atoms with Gasteiger partial charge in [0.05, 0.1) is 0 Å². The number of hydrogen-bond donors (Lipinski definition) is 1. The molecule has 1 saturated carbocycles. The summed E-state index contributed by atoms with van der Waals surface area (Å²) in [5.74, 6) is 1.25. The van der Waals surface area contributed by atoms with E-state index in [4.69, 9.17) is 5.73 Å². The zero-order chi connectivity index (χ0) is 13.2. The third kappa shape index (κ3) is 3.11. The average molecular weight is 249 g/mol. The fourth-order valence-electron chi connectivity index (χ4n) is 3.19. The molecule has 2 unspecified atom stereocenters. The summed E-state index contributed by atoms with van der Waals surface area (Å²) < 4.78 is 13.7. The Bertz CT molecular complexity index is 402. The van der Waals surface area contributed by atoms with Crippen LogP contribution in [0.1, 0.15) is 45.1 Å². The van der Waals surface area contributed by atoms with Crippen molar-refractivity contribution in [2.24, 2.45) is 17.6 Å². The summed E-state index contributed by atoms with van der Waals surface area (Å²) in [6.45, 7) is 4.53. The zero-order valence-electron chi connectivity index (χ0n) is 11.5. The van der Waals surface area contributed by atoms with Crippen molar-refractivity contribution >= 4 is 0 Å². The monoisotopic (exact) mass is 249 g/mol. The van der Waals surface area contributed by atoms with Crippen LogP contribution in [0.3, 0.4) is 0 Å². The Balaban J connectivity index is 2.09. The summed E-state index contributed by atoms with van der Waals surface area (Å²) >= 11 is 0. The van der Waals surface area contributed by atoms with Gasteiger partial charge in [-0.15, -0.1) is 0 Å². The van der Waals surface area contributed by atoms with Crippen molar-refractivity contribution in [1.82, 2.24) is 0 Å². The first-order valence-electron chi connectivity index (χ1n) is 7.02. The van der Waals surface area contributed by atoms with E-state index in [1.165, 1.54) is 18.9 Å². The maximum Gasteiger partial charge on any atom is 0.126 e. The van der Waals surface area contributed by atoms with Crippen molar-refractivity contribution in [2.45, 2.75) is 51.5 Å². The normalized spacial score (nSPS) is 28.6. The maximum absolute atomic E-state index is 13.7. The smallest absolute Gasteiger partial charge is 0.126 e. The Morgan fingerprint density at radius 1 is 1.39 bits per heavy atom. The van der Waals surface area contributed by atoms with Crippen LogP contribution in [0.25, 0.3) is 0 Å². The van der Waals surface area contributed by atoms with Crippen molar-refractivity contribution in [3.63, 3.8) is 0 Å². The minimum atomic E-state index is -0.213. The summed E-state index contributed by atoms with van der Waals surface area (Å²) in [6.07, 6.45) is 5.16. The van der Waals surface area contributed by atoms with Crippen molar-refractivity contribution in [1.29, 1.82) is 0 Å². The molecule has 0 aromatic heterocycles. The summed E-state index contributed by atoms with van der Waals surface area (Å²) in [5, 5.41) is 0. The van der Waals surface area contributed by atoms with Crippen LogP contribution < -0.4 is 5.73 Å². The quantitative estimate of drug-likeness (QED) is 0.863. The molecule has 0 amide bonds. The van der Waals surface area contributed by atoms with Crippen molar-refractivity contribution < 1.29 is 4.39 Å². The number of benzene rings is 1. The van der Waals surface area contributed by atoms with E-state index in [0.717, 1.165) is 18.4 Å². The fourth-order valence-corrected chi connectivity index (χ4v) is 3.19. The van der Waals surface area contributed by atoms with Gasteiger partial charge in [-0.1, -0.05) is 44.9 Å². The van der Waals surface area contributed by atoms with Gasteiger partial charge in [0.1, 0.15) is 5.82 Å². The molecule has 0 aliphatic heterocycles. The molecule has 1 fully saturated rings. The average Bonchev–Trinajstić information content (AvgIpc) is 2.32. The second-order valence-corrected chi connectivity index (χ2v) is 6.23. The van der Waals surface area contributed by atoms with Crippen molar-refractivity contribution in [2.75, 3.05) is 0 Å². The van der Waals surface area contributed by atoms with Crippen molar-refractivity contribution in [3.8, 4) is 0 Å². The molecule has 100 valence electrons. The third-order valence-corrected chi connectivity index (χ3v) is 4.36. The van der Waals surface area contributed by atoms with E-state index in [-0.39, 0.29) is 11.4 Å². The van der Waals surface area contributed by atoms with Crippen molar-refractivity contribution in [3.05, 3.63) is 35.6 Å². The molecule has 2 heteroatoms. The summed E-state index contributed by atoms with van der Waals surface area (Å²) in [6, 6.07) is 7.02. The van der Waals surface area contributed by atoms with Crippen LogP contribution in [0.2, 0.25) is 0 Å². The SMILES string of the molecule is CC(C)C1CCCC(N)(Cc2ccccc2F)C1. The number of nitrogens with two attached hydrogens (primary N) is 1. The lowest BCUT2D eigenvalue weighted by atomic mass is 9.70. The Kier molecular flexibility index (Phi) is 4.06. The molecule has 1 aliphatic rings. The molecular formula is C16H24FN. The van der Waals surface area contributed by atoms with Crippen LogP contribution in [0.15, 0.2) is 24.3 Å². The molecule has 2 rings (SSSR count). The summed E-state index contributed by atoms with van der Waals surface area (Å²) in [5.41, 5.74) is 7.08. The molecule has 0 spiro atoms. The first-order valence-corrected chi connectivity index (χ1v) is 7.02. The highest BCUT2D eigenvalue weighted by molar-refractivity contribution is 5.20. The van der Waals surface area contributed by atoms with Gasteiger partial charge in [0.15, 0.2) is 0 Å². The van der Waals surface area contributed by atoms with E-state index in [9.17, 15) is 4.39 Å². The predicted octanol–water partition coefficient (Wildman–Crippen LogP) is 3.91. The van der Waals surface area contributed by atoms with Crippen LogP contribution in [0.5, 0.6) is 0 Å². The van der Waals surface area contributed by atoms with Crippen LogP contribution in [-0.2, 0) is 6.42 Å². The molecular weight excluding hydrogens is 225 g/mol. The fraction of sp³-hybridized carbons (Fsp3) is 0.625. The van der Waals surface area contributed by atoms with E-state index < -0.39 is 0 Å². The van der Waals surface area contributed by atoms with E-state index >= 15 is 0 Å². The highest BCUT2D eigenvalue weighted by Crippen LogP contribution is 2.37. The van der Waals surface area contributed by atoms with E-state index in [2.05, 4.69) is 13.8 Å². The van der Waals surface area contributed by atoms with Gasteiger partial charge in [-0.3, -0.25) is 0 Å². The lowest BCUT2D eigenvalue weighted by Crippen LogP contribution is -2.47. The molecule has 0 radical (unpaired) electrons. The molecule has 1 aromatic rings. The second kappa shape index (κ2) is 5.40. The first-order chi connectivity index (χ1) is 8.50. The molecule has 2 atom stereocenters. The standard InChI is InChI=1S/C16H24FN/c1-12(2)13-7-5-9-16(18,10-13)11-14-6-3-4-8-15(14)17/h3-4,6,8,12-13H,5,7,9-11,18H2,1-2H3. The molecule has 0 heterocycles. The van der Waals surface area contributed by atoms with Gasteiger partial charge < -0.3 is 5.73 Å². The number of halogens is 1. The van der Waals surface area contributed by atoms with Gasteiger partial charge >= 0.3 is 0 Å². The molecule has 1 aliphatic carbocycles. The maximum atomic E-state index is 13.7. The van der Waals surface area contributed by atoms with Gasteiger partial charge in [0, 0.05) is 5.54 Å². The summed E-state index contributed by atoms with van der Waals surface area (Å²) in [4.78, 5) is 0. The molecule has 2 N–H and O–H groups in total. The largest absolute Gasteiger partial charge is 0.325 e. The molecule has 0 saturated heterocycles. The third-order valence-electron chi connectivity index (χ3n) is 4.36.